The highest BCUT2D eigenvalue weighted by Gasteiger charge is 2.19. The van der Waals surface area contributed by atoms with E-state index in [1.807, 2.05) is 18.2 Å². The molecule has 0 aromatic heterocycles. The van der Waals surface area contributed by atoms with Gasteiger partial charge in [0, 0.05) is 5.56 Å². The molecule has 0 saturated heterocycles. The number of rotatable bonds is 1. The molecule has 0 radical (unpaired) electrons. The van der Waals surface area contributed by atoms with Gasteiger partial charge in [-0.2, -0.15) is 5.26 Å². The van der Waals surface area contributed by atoms with Crippen LogP contribution in [0.15, 0.2) is 47.5 Å². The second-order valence-electron chi connectivity index (χ2n) is 4.55. The van der Waals surface area contributed by atoms with Crippen molar-refractivity contribution in [2.45, 2.75) is 6.42 Å². The monoisotopic (exact) mass is 262 g/mol. The predicted octanol–water partition coefficient (Wildman–Crippen LogP) is 3.40. The zero-order valence-corrected chi connectivity index (χ0v) is 10.5. The Morgan fingerprint density at radius 2 is 1.80 bits per heavy atom. The van der Waals surface area contributed by atoms with Crippen molar-refractivity contribution < 1.29 is 9.90 Å². The van der Waals surface area contributed by atoms with Crippen molar-refractivity contribution in [1.82, 2.24) is 0 Å². The van der Waals surface area contributed by atoms with Gasteiger partial charge in [-0.1, -0.05) is 18.2 Å². The molecule has 2 aromatic rings. The molecule has 1 aliphatic rings. The van der Waals surface area contributed by atoms with Gasteiger partial charge in [0.1, 0.15) is 0 Å². The minimum Gasteiger partial charge on any atom is -0.496 e. The summed E-state index contributed by atoms with van der Waals surface area (Å²) in [6.45, 7) is 0. The molecule has 0 bridgehead atoms. The maximum atomic E-state index is 11.9. The van der Waals surface area contributed by atoms with Gasteiger partial charge in [-0.25, -0.2) is 4.99 Å². The van der Waals surface area contributed by atoms with Gasteiger partial charge in [0.15, 0.2) is 11.7 Å². The minimum atomic E-state index is -0.145. The molecule has 0 amide bonds. The number of aliphatic hydroxyl groups excluding tert-OH is 1. The molecule has 0 aliphatic carbocycles. The van der Waals surface area contributed by atoms with Gasteiger partial charge < -0.3 is 5.11 Å². The Hall–Kier alpha value is -2.93. The molecule has 20 heavy (non-hydrogen) atoms. The SMILES string of the molecule is N#Cc1ccc(-c2ccc3c(c2)C(=O)CC(O)=N3)cc1. The predicted molar refractivity (Wildman–Crippen MR) is 75.3 cm³/mol. The number of hydrogen-bond donors (Lipinski definition) is 1. The third-order valence-electron chi connectivity index (χ3n) is 3.21. The summed E-state index contributed by atoms with van der Waals surface area (Å²) in [4.78, 5) is 15.9. The molecular formula is C16H10N2O2. The third kappa shape index (κ3) is 2.06. The van der Waals surface area contributed by atoms with Crippen LogP contribution in [0.5, 0.6) is 0 Å². The van der Waals surface area contributed by atoms with E-state index in [0.717, 1.165) is 11.1 Å². The Balaban J connectivity index is 2.06. The number of nitriles is 1. The molecule has 4 heteroatoms. The van der Waals surface area contributed by atoms with Crippen LogP contribution in [0.25, 0.3) is 11.1 Å². The second-order valence-corrected chi connectivity index (χ2v) is 4.55. The first-order valence-corrected chi connectivity index (χ1v) is 6.12. The molecule has 0 unspecified atom stereocenters. The van der Waals surface area contributed by atoms with E-state index in [4.69, 9.17) is 5.26 Å². The highest BCUT2D eigenvalue weighted by Crippen LogP contribution is 2.30. The molecule has 0 saturated carbocycles. The maximum absolute atomic E-state index is 11.9. The lowest BCUT2D eigenvalue weighted by Gasteiger charge is -2.12. The van der Waals surface area contributed by atoms with E-state index >= 15 is 0 Å². The molecular weight excluding hydrogens is 252 g/mol. The van der Waals surface area contributed by atoms with Crippen LogP contribution in [0, 0.1) is 11.3 Å². The van der Waals surface area contributed by atoms with Crippen LogP contribution in [0.3, 0.4) is 0 Å². The smallest absolute Gasteiger partial charge is 0.193 e. The maximum Gasteiger partial charge on any atom is 0.193 e. The summed E-state index contributed by atoms with van der Waals surface area (Å²) in [6, 6.07) is 14.6. The lowest BCUT2D eigenvalue weighted by molar-refractivity contribution is 0.0995. The van der Waals surface area contributed by atoms with Gasteiger partial charge in [0.2, 0.25) is 0 Å². The summed E-state index contributed by atoms with van der Waals surface area (Å²) in [5.41, 5.74) is 3.43. The summed E-state index contributed by atoms with van der Waals surface area (Å²) in [5, 5.41) is 18.2. The van der Waals surface area contributed by atoms with Gasteiger partial charge in [0.25, 0.3) is 0 Å². The van der Waals surface area contributed by atoms with Crippen molar-refractivity contribution in [2.24, 2.45) is 4.99 Å². The number of aliphatic hydroxyl groups is 1. The van der Waals surface area contributed by atoms with E-state index in [0.29, 0.717) is 16.8 Å². The molecule has 0 atom stereocenters. The molecule has 3 rings (SSSR count). The second kappa shape index (κ2) is 4.63. The largest absolute Gasteiger partial charge is 0.496 e. The zero-order valence-electron chi connectivity index (χ0n) is 10.5. The first-order valence-electron chi connectivity index (χ1n) is 6.12. The molecule has 1 heterocycles. The normalized spacial score (nSPS) is 13.3. The summed E-state index contributed by atoms with van der Waals surface area (Å²) in [7, 11) is 0. The van der Waals surface area contributed by atoms with E-state index in [-0.39, 0.29) is 18.1 Å². The Bertz CT molecular complexity index is 768. The highest BCUT2D eigenvalue weighted by molar-refractivity contribution is 6.13. The highest BCUT2D eigenvalue weighted by atomic mass is 16.3. The molecule has 2 aromatic carbocycles. The molecule has 0 spiro atoms. The Morgan fingerprint density at radius 3 is 2.50 bits per heavy atom. The standard InChI is InChI=1S/C16H10N2O2/c17-9-10-1-3-11(4-2-10)12-5-6-14-13(7-12)15(19)8-16(20)18-14/h1-7H,8H2,(H,18,20). The average molecular weight is 262 g/mol. The van der Waals surface area contributed by atoms with E-state index in [1.54, 1.807) is 24.3 Å². The van der Waals surface area contributed by atoms with Gasteiger partial charge >= 0.3 is 0 Å². The fourth-order valence-corrected chi connectivity index (χ4v) is 2.19. The summed E-state index contributed by atoms with van der Waals surface area (Å²) < 4.78 is 0. The van der Waals surface area contributed by atoms with E-state index < -0.39 is 0 Å². The zero-order chi connectivity index (χ0) is 14.1. The van der Waals surface area contributed by atoms with Crippen molar-refractivity contribution >= 4 is 17.4 Å². The molecule has 1 N–H and O–H groups in total. The van der Waals surface area contributed by atoms with Crippen LogP contribution >= 0.6 is 0 Å². The van der Waals surface area contributed by atoms with Crippen LogP contribution in [-0.2, 0) is 0 Å². The van der Waals surface area contributed by atoms with Crippen LogP contribution < -0.4 is 0 Å². The van der Waals surface area contributed by atoms with Crippen molar-refractivity contribution in [3.05, 3.63) is 53.6 Å². The summed E-state index contributed by atoms with van der Waals surface area (Å²) in [5.74, 6) is -0.281. The van der Waals surface area contributed by atoms with Crippen molar-refractivity contribution in [1.29, 1.82) is 5.26 Å². The fraction of sp³-hybridized carbons (Fsp3) is 0.0625. The van der Waals surface area contributed by atoms with E-state index in [9.17, 15) is 9.90 Å². The topological polar surface area (TPSA) is 73.5 Å². The van der Waals surface area contributed by atoms with Crippen molar-refractivity contribution in [3.8, 4) is 17.2 Å². The average Bonchev–Trinajstić information content (AvgIpc) is 2.47. The number of nitrogens with zero attached hydrogens (tertiary/aromatic N) is 2. The Kier molecular flexibility index (Phi) is 2.81. The van der Waals surface area contributed by atoms with Gasteiger partial charge in [0.05, 0.1) is 23.7 Å². The lowest BCUT2D eigenvalue weighted by Crippen LogP contribution is -2.12. The van der Waals surface area contributed by atoms with Crippen LogP contribution in [0.1, 0.15) is 22.3 Å². The minimum absolute atomic E-state index is 0.0518. The molecule has 96 valence electrons. The van der Waals surface area contributed by atoms with Gasteiger partial charge in [-0.3, -0.25) is 4.79 Å². The van der Waals surface area contributed by atoms with Crippen molar-refractivity contribution in [3.63, 3.8) is 0 Å². The molecule has 4 nitrogen and oxygen atoms in total. The van der Waals surface area contributed by atoms with Crippen LogP contribution in [0.4, 0.5) is 5.69 Å². The van der Waals surface area contributed by atoms with Gasteiger partial charge in [-0.15, -0.1) is 0 Å². The number of fused-ring (bicyclic) bond motifs is 1. The van der Waals surface area contributed by atoms with Crippen molar-refractivity contribution in [2.75, 3.05) is 0 Å². The van der Waals surface area contributed by atoms with E-state index in [1.165, 1.54) is 0 Å². The Morgan fingerprint density at radius 1 is 1.10 bits per heavy atom. The number of hydrogen-bond acceptors (Lipinski definition) is 3. The molecule has 1 aliphatic heterocycles. The number of aliphatic imine (C=N–C) groups is 1. The number of carbonyl (C=O) groups excluding carboxylic acids is 1. The summed E-state index contributed by atoms with van der Waals surface area (Å²) >= 11 is 0. The van der Waals surface area contributed by atoms with Gasteiger partial charge in [-0.05, 0) is 35.4 Å². The van der Waals surface area contributed by atoms with Crippen LogP contribution in [-0.4, -0.2) is 16.8 Å². The number of carbonyl (C=O) groups is 1. The van der Waals surface area contributed by atoms with E-state index in [2.05, 4.69) is 11.1 Å². The quantitative estimate of drug-likeness (QED) is 0.855. The lowest BCUT2D eigenvalue weighted by atomic mass is 9.97. The number of benzene rings is 2. The molecule has 0 fully saturated rings. The third-order valence-corrected chi connectivity index (χ3v) is 3.21. The van der Waals surface area contributed by atoms with Crippen LogP contribution in [0.2, 0.25) is 0 Å². The number of ketones is 1. The fourth-order valence-electron chi connectivity index (χ4n) is 2.19. The summed E-state index contributed by atoms with van der Waals surface area (Å²) in [6.07, 6.45) is -0.0518. The first kappa shape index (κ1) is 12.1. The first-order chi connectivity index (χ1) is 9.67. The Labute approximate surface area is 115 Å². The number of Topliss-reactive ketones (excluding diaryl/α,β-unsaturated/α-hetero) is 1.